The summed E-state index contributed by atoms with van der Waals surface area (Å²) in [7, 11) is 0. The molecule has 0 aromatic carbocycles. The van der Waals surface area contributed by atoms with E-state index in [9.17, 15) is 4.79 Å². The number of carbonyl (C=O) groups is 1. The van der Waals surface area contributed by atoms with Crippen LogP contribution in [-0.4, -0.2) is 28.0 Å². The summed E-state index contributed by atoms with van der Waals surface area (Å²) in [5, 5.41) is 6.06. The Bertz CT molecular complexity index is 358. The Morgan fingerprint density at radius 1 is 1.73 bits per heavy atom. The van der Waals surface area contributed by atoms with Crippen LogP contribution >= 0.6 is 0 Å². The van der Waals surface area contributed by atoms with Gasteiger partial charge in [0.15, 0.2) is 0 Å². The highest BCUT2D eigenvalue weighted by atomic mass is 16.2. The van der Waals surface area contributed by atoms with E-state index in [0.29, 0.717) is 0 Å². The molecule has 2 N–H and O–H groups in total. The number of nitrogens with one attached hydrogen (secondary N) is 2. The minimum absolute atomic E-state index is 0.00264. The SMILES string of the molecule is CC(C)NC(=O)C1NCCn2ccnc21. The van der Waals surface area contributed by atoms with E-state index < -0.39 is 0 Å². The number of aromatic nitrogens is 2. The van der Waals surface area contributed by atoms with Crippen molar-refractivity contribution in [3.05, 3.63) is 18.2 Å². The third-order valence-corrected chi connectivity index (χ3v) is 2.40. The summed E-state index contributed by atoms with van der Waals surface area (Å²) in [6, 6.07) is -0.152. The predicted molar refractivity (Wildman–Crippen MR) is 56.2 cm³/mol. The van der Waals surface area contributed by atoms with Crippen LogP contribution in [0.3, 0.4) is 0 Å². The summed E-state index contributed by atoms with van der Waals surface area (Å²) in [4.78, 5) is 16.0. The third kappa shape index (κ3) is 2.02. The molecule has 0 saturated heterocycles. The molecule has 1 amide bonds. The lowest BCUT2D eigenvalue weighted by molar-refractivity contribution is -0.124. The highest BCUT2D eigenvalue weighted by molar-refractivity contribution is 5.82. The van der Waals surface area contributed by atoms with E-state index >= 15 is 0 Å². The minimum Gasteiger partial charge on any atom is -0.352 e. The van der Waals surface area contributed by atoms with Gasteiger partial charge in [0.2, 0.25) is 5.91 Å². The van der Waals surface area contributed by atoms with Gasteiger partial charge in [-0.2, -0.15) is 0 Å². The average molecular weight is 208 g/mol. The molecule has 0 fully saturated rings. The first-order valence-electron chi connectivity index (χ1n) is 5.23. The number of carbonyl (C=O) groups excluding carboxylic acids is 1. The third-order valence-electron chi connectivity index (χ3n) is 2.40. The molecule has 0 bridgehead atoms. The van der Waals surface area contributed by atoms with Gasteiger partial charge in [0, 0.05) is 31.5 Å². The first-order valence-corrected chi connectivity index (χ1v) is 5.23. The molecule has 1 atom stereocenters. The van der Waals surface area contributed by atoms with Crippen molar-refractivity contribution < 1.29 is 4.79 Å². The van der Waals surface area contributed by atoms with Crippen molar-refractivity contribution in [2.24, 2.45) is 0 Å². The van der Waals surface area contributed by atoms with Gasteiger partial charge in [-0.1, -0.05) is 0 Å². The number of rotatable bonds is 2. The predicted octanol–water partition coefficient (Wildman–Crippen LogP) is 0.0520. The van der Waals surface area contributed by atoms with Crippen molar-refractivity contribution in [3.63, 3.8) is 0 Å². The quantitative estimate of drug-likeness (QED) is 0.722. The van der Waals surface area contributed by atoms with Crippen LogP contribution in [0.4, 0.5) is 0 Å². The normalized spacial score (nSPS) is 20.1. The molecule has 1 unspecified atom stereocenters. The summed E-state index contributed by atoms with van der Waals surface area (Å²) in [5.74, 6) is 0.802. The molecule has 0 saturated carbocycles. The average Bonchev–Trinajstić information content (AvgIpc) is 2.63. The summed E-state index contributed by atoms with van der Waals surface area (Å²) in [6.45, 7) is 5.58. The monoisotopic (exact) mass is 208 g/mol. The number of fused-ring (bicyclic) bond motifs is 1. The Morgan fingerprint density at radius 3 is 3.27 bits per heavy atom. The van der Waals surface area contributed by atoms with Crippen molar-refractivity contribution >= 4 is 5.91 Å². The van der Waals surface area contributed by atoms with E-state index in [1.165, 1.54) is 0 Å². The zero-order chi connectivity index (χ0) is 10.8. The van der Waals surface area contributed by atoms with Crippen LogP contribution in [0.1, 0.15) is 25.7 Å². The Kier molecular flexibility index (Phi) is 2.73. The van der Waals surface area contributed by atoms with Gasteiger partial charge < -0.3 is 9.88 Å². The standard InChI is InChI=1S/C10H16N4O/c1-7(2)13-10(15)8-9-12-4-6-14(9)5-3-11-8/h4,6-8,11H,3,5H2,1-2H3,(H,13,15). The lowest BCUT2D eigenvalue weighted by Crippen LogP contribution is -2.45. The van der Waals surface area contributed by atoms with Crippen molar-refractivity contribution in [3.8, 4) is 0 Å². The molecule has 1 aliphatic rings. The first kappa shape index (κ1) is 10.2. The van der Waals surface area contributed by atoms with Crippen LogP contribution in [0.15, 0.2) is 12.4 Å². The molecule has 0 aliphatic carbocycles. The number of hydrogen-bond acceptors (Lipinski definition) is 3. The molecule has 5 nitrogen and oxygen atoms in total. The lowest BCUT2D eigenvalue weighted by atomic mass is 10.2. The molecule has 5 heteroatoms. The molecular weight excluding hydrogens is 192 g/mol. The second-order valence-electron chi connectivity index (χ2n) is 4.03. The van der Waals surface area contributed by atoms with E-state index in [1.807, 2.05) is 24.6 Å². The summed E-state index contributed by atoms with van der Waals surface area (Å²) < 4.78 is 2.01. The van der Waals surface area contributed by atoms with Gasteiger partial charge in [0.05, 0.1) is 0 Å². The topological polar surface area (TPSA) is 59.0 Å². The van der Waals surface area contributed by atoms with Crippen LogP contribution in [0.25, 0.3) is 0 Å². The van der Waals surface area contributed by atoms with E-state index in [1.54, 1.807) is 6.20 Å². The molecule has 82 valence electrons. The van der Waals surface area contributed by atoms with Gasteiger partial charge >= 0.3 is 0 Å². The van der Waals surface area contributed by atoms with Gasteiger partial charge in [-0.25, -0.2) is 4.98 Å². The first-order chi connectivity index (χ1) is 7.18. The highest BCUT2D eigenvalue weighted by Crippen LogP contribution is 2.14. The Balaban J connectivity index is 2.15. The Hall–Kier alpha value is -1.36. The molecule has 1 aromatic rings. The van der Waals surface area contributed by atoms with Crippen molar-refractivity contribution in [1.82, 2.24) is 20.2 Å². The van der Waals surface area contributed by atoms with Crippen LogP contribution in [-0.2, 0) is 11.3 Å². The van der Waals surface area contributed by atoms with Gasteiger partial charge in [0.25, 0.3) is 0 Å². The van der Waals surface area contributed by atoms with Gasteiger partial charge in [0.1, 0.15) is 11.9 Å². The fourth-order valence-electron chi connectivity index (χ4n) is 1.77. The second-order valence-corrected chi connectivity index (χ2v) is 4.03. The largest absolute Gasteiger partial charge is 0.352 e. The Labute approximate surface area is 88.9 Å². The lowest BCUT2D eigenvalue weighted by Gasteiger charge is -2.24. The molecule has 0 radical (unpaired) electrons. The number of imidazole rings is 1. The molecule has 1 aliphatic heterocycles. The van der Waals surface area contributed by atoms with E-state index in [0.717, 1.165) is 18.9 Å². The van der Waals surface area contributed by atoms with E-state index in [4.69, 9.17) is 0 Å². The summed E-state index contributed by atoms with van der Waals surface area (Å²) in [6.07, 6.45) is 3.64. The fourth-order valence-corrected chi connectivity index (χ4v) is 1.77. The Morgan fingerprint density at radius 2 is 2.53 bits per heavy atom. The molecule has 0 spiro atoms. The molecule has 2 heterocycles. The zero-order valence-electron chi connectivity index (χ0n) is 9.03. The molecule has 15 heavy (non-hydrogen) atoms. The number of amides is 1. The maximum absolute atomic E-state index is 11.8. The van der Waals surface area contributed by atoms with Crippen LogP contribution in [0, 0.1) is 0 Å². The minimum atomic E-state index is -0.309. The second kappa shape index (κ2) is 4.02. The summed E-state index contributed by atoms with van der Waals surface area (Å²) in [5.41, 5.74) is 0. The van der Waals surface area contributed by atoms with Crippen LogP contribution in [0.2, 0.25) is 0 Å². The van der Waals surface area contributed by atoms with Crippen LogP contribution < -0.4 is 10.6 Å². The summed E-state index contributed by atoms with van der Waals surface area (Å²) >= 11 is 0. The number of nitrogens with zero attached hydrogens (tertiary/aromatic N) is 2. The molecular formula is C10H16N4O. The smallest absolute Gasteiger partial charge is 0.245 e. The van der Waals surface area contributed by atoms with E-state index in [-0.39, 0.29) is 18.0 Å². The van der Waals surface area contributed by atoms with Gasteiger partial charge in [-0.3, -0.25) is 10.1 Å². The number of hydrogen-bond donors (Lipinski definition) is 2. The van der Waals surface area contributed by atoms with Gasteiger partial charge in [-0.05, 0) is 13.8 Å². The molecule has 2 rings (SSSR count). The van der Waals surface area contributed by atoms with Crippen molar-refractivity contribution in [2.45, 2.75) is 32.5 Å². The van der Waals surface area contributed by atoms with Gasteiger partial charge in [-0.15, -0.1) is 0 Å². The zero-order valence-corrected chi connectivity index (χ0v) is 9.03. The maximum Gasteiger partial charge on any atom is 0.245 e. The van der Waals surface area contributed by atoms with Crippen LogP contribution in [0.5, 0.6) is 0 Å². The van der Waals surface area contributed by atoms with Crippen molar-refractivity contribution in [2.75, 3.05) is 6.54 Å². The van der Waals surface area contributed by atoms with Crippen molar-refractivity contribution in [1.29, 1.82) is 0 Å². The maximum atomic E-state index is 11.8. The molecule has 1 aromatic heterocycles. The van der Waals surface area contributed by atoms with E-state index in [2.05, 4.69) is 15.6 Å². The highest BCUT2D eigenvalue weighted by Gasteiger charge is 2.27. The fraction of sp³-hybridized carbons (Fsp3) is 0.600.